The lowest BCUT2D eigenvalue weighted by Gasteiger charge is -2.26. The molecule has 1 saturated carbocycles. The largest absolute Gasteiger partial charge is 0.399 e. The molecule has 0 bridgehead atoms. The van der Waals surface area contributed by atoms with Gasteiger partial charge in [0.2, 0.25) is 0 Å². The molecule has 1 aliphatic rings. The molecular formula is C13H19N3O. The first kappa shape index (κ1) is 11.8. The fourth-order valence-corrected chi connectivity index (χ4v) is 1.82. The Balaban J connectivity index is 2.07. The number of hydrogen-bond donors (Lipinski definition) is 1. The highest BCUT2D eigenvalue weighted by Crippen LogP contribution is 2.29. The normalized spacial score (nSPS) is 14.5. The molecule has 2 N–H and O–H groups in total. The number of hydrogen-bond acceptors (Lipinski definition) is 2. The summed E-state index contributed by atoms with van der Waals surface area (Å²) in [5, 5.41) is 0. The maximum absolute atomic E-state index is 12.0. The summed E-state index contributed by atoms with van der Waals surface area (Å²) in [7, 11) is 3.58. The molecule has 2 rings (SSSR count). The van der Waals surface area contributed by atoms with Crippen molar-refractivity contribution < 1.29 is 4.79 Å². The number of nitrogens with zero attached hydrogens (tertiary/aromatic N) is 2. The van der Waals surface area contributed by atoms with Crippen LogP contribution in [0.2, 0.25) is 0 Å². The summed E-state index contributed by atoms with van der Waals surface area (Å²) >= 11 is 0. The average Bonchev–Trinajstić information content (AvgIpc) is 3.11. The third kappa shape index (κ3) is 2.90. The first-order chi connectivity index (χ1) is 8.08. The van der Waals surface area contributed by atoms with Crippen LogP contribution < -0.4 is 5.73 Å². The highest BCUT2D eigenvalue weighted by Gasteiger charge is 2.33. The molecule has 4 nitrogen and oxygen atoms in total. The van der Waals surface area contributed by atoms with Gasteiger partial charge in [0.15, 0.2) is 0 Å². The van der Waals surface area contributed by atoms with E-state index in [9.17, 15) is 4.79 Å². The Morgan fingerprint density at radius 2 is 1.88 bits per heavy atom. The van der Waals surface area contributed by atoms with E-state index in [2.05, 4.69) is 0 Å². The van der Waals surface area contributed by atoms with Crippen molar-refractivity contribution in [1.29, 1.82) is 0 Å². The Hall–Kier alpha value is -1.71. The second-order valence-electron chi connectivity index (χ2n) is 4.78. The molecule has 2 amide bonds. The molecule has 17 heavy (non-hydrogen) atoms. The van der Waals surface area contributed by atoms with Gasteiger partial charge in [-0.05, 0) is 30.5 Å². The van der Waals surface area contributed by atoms with Gasteiger partial charge < -0.3 is 15.5 Å². The maximum atomic E-state index is 12.0. The molecule has 1 aliphatic carbocycles. The molecule has 0 radical (unpaired) electrons. The maximum Gasteiger partial charge on any atom is 0.320 e. The third-order valence-corrected chi connectivity index (χ3v) is 2.95. The fraction of sp³-hybridized carbons (Fsp3) is 0.462. The van der Waals surface area contributed by atoms with Gasteiger partial charge in [-0.15, -0.1) is 0 Å². The minimum Gasteiger partial charge on any atom is -0.399 e. The minimum absolute atomic E-state index is 0.0873. The van der Waals surface area contributed by atoms with E-state index in [0.29, 0.717) is 12.6 Å². The second kappa shape index (κ2) is 4.65. The van der Waals surface area contributed by atoms with Gasteiger partial charge in [0.25, 0.3) is 0 Å². The van der Waals surface area contributed by atoms with Gasteiger partial charge in [0, 0.05) is 32.4 Å². The fourth-order valence-electron chi connectivity index (χ4n) is 1.82. The van der Waals surface area contributed by atoms with Gasteiger partial charge in [0.1, 0.15) is 0 Å². The standard InChI is InChI=1S/C13H19N3O/c1-15(2)13(17)16(12-7-8-12)9-10-3-5-11(14)6-4-10/h3-6,12H,7-9,14H2,1-2H3. The number of urea groups is 1. The predicted molar refractivity (Wildman–Crippen MR) is 68.5 cm³/mol. The van der Waals surface area contributed by atoms with E-state index in [1.165, 1.54) is 0 Å². The van der Waals surface area contributed by atoms with Crippen molar-refractivity contribution in [1.82, 2.24) is 9.80 Å². The highest BCUT2D eigenvalue weighted by atomic mass is 16.2. The van der Waals surface area contributed by atoms with Crippen LogP contribution in [-0.2, 0) is 6.54 Å². The molecular weight excluding hydrogens is 214 g/mol. The van der Waals surface area contributed by atoms with E-state index < -0.39 is 0 Å². The lowest BCUT2D eigenvalue weighted by molar-refractivity contribution is 0.165. The van der Waals surface area contributed by atoms with Crippen molar-refractivity contribution in [2.24, 2.45) is 0 Å². The number of benzene rings is 1. The monoisotopic (exact) mass is 233 g/mol. The van der Waals surface area contributed by atoms with Crippen molar-refractivity contribution in [2.75, 3.05) is 19.8 Å². The van der Waals surface area contributed by atoms with Gasteiger partial charge >= 0.3 is 6.03 Å². The quantitative estimate of drug-likeness (QED) is 0.811. The van der Waals surface area contributed by atoms with Crippen LogP contribution in [0.15, 0.2) is 24.3 Å². The zero-order chi connectivity index (χ0) is 12.4. The van der Waals surface area contributed by atoms with Crippen LogP contribution in [0.3, 0.4) is 0 Å². The highest BCUT2D eigenvalue weighted by molar-refractivity contribution is 5.74. The molecule has 4 heteroatoms. The minimum atomic E-state index is 0.0873. The van der Waals surface area contributed by atoms with E-state index >= 15 is 0 Å². The average molecular weight is 233 g/mol. The summed E-state index contributed by atoms with van der Waals surface area (Å²) in [5.41, 5.74) is 7.53. The van der Waals surface area contributed by atoms with Crippen molar-refractivity contribution in [3.05, 3.63) is 29.8 Å². The van der Waals surface area contributed by atoms with Crippen LogP contribution in [0.25, 0.3) is 0 Å². The van der Waals surface area contributed by atoms with Crippen molar-refractivity contribution in [3.8, 4) is 0 Å². The first-order valence-electron chi connectivity index (χ1n) is 5.90. The molecule has 0 saturated heterocycles. The van der Waals surface area contributed by atoms with Crippen LogP contribution in [0.1, 0.15) is 18.4 Å². The number of nitrogen functional groups attached to an aromatic ring is 1. The molecule has 0 unspecified atom stereocenters. The molecule has 1 aromatic carbocycles. The molecule has 0 spiro atoms. The summed E-state index contributed by atoms with van der Waals surface area (Å²) in [6.45, 7) is 0.669. The third-order valence-electron chi connectivity index (χ3n) is 2.95. The zero-order valence-corrected chi connectivity index (χ0v) is 10.4. The van der Waals surface area contributed by atoms with Gasteiger partial charge in [-0.1, -0.05) is 12.1 Å². The number of nitrogens with two attached hydrogens (primary N) is 1. The summed E-state index contributed by atoms with van der Waals surface area (Å²) < 4.78 is 0. The lowest BCUT2D eigenvalue weighted by Crippen LogP contribution is -2.40. The lowest BCUT2D eigenvalue weighted by atomic mass is 10.2. The predicted octanol–water partition coefficient (Wildman–Crippen LogP) is 1.91. The molecule has 0 atom stereocenters. The molecule has 92 valence electrons. The van der Waals surface area contributed by atoms with Gasteiger partial charge in [0.05, 0.1) is 0 Å². The summed E-state index contributed by atoms with van der Waals surface area (Å²) in [6, 6.07) is 8.22. The topological polar surface area (TPSA) is 49.6 Å². The van der Waals surface area contributed by atoms with E-state index in [0.717, 1.165) is 24.1 Å². The molecule has 1 fully saturated rings. The summed E-state index contributed by atoms with van der Waals surface area (Å²) in [4.78, 5) is 15.6. The van der Waals surface area contributed by atoms with Crippen molar-refractivity contribution >= 4 is 11.7 Å². The Labute approximate surface area is 102 Å². The smallest absolute Gasteiger partial charge is 0.320 e. The molecule has 0 heterocycles. The van der Waals surface area contributed by atoms with Crippen LogP contribution >= 0.6 is 0 Å². The number of carbonyl (C=O) groups is 1. The van der Waals surface area contributed by atoms with E-state index in [4.69, 9.17) is 5.73 Å². The van der Waals surface area contributed by atoms with E-state index in [-0.39, 0.29) is 6.03 Å². The summed E-state index contributed by atoms with van der Waals surface area (Å²) in [6.07, 6.45) is 2.24. The van der Waals surface area contributed by atoms with Crippen LogP contribution in [0.4, 0.5) is 10.5 Å². The van der Waals surface area contributed by atoms with Crippen molar-refractivity contribution in [2.45, 2.75) is 25.4 Å². The Bertz CT molecular complexity index is 396. The van der Waals surface area contributed by atoms with Gasteiger partial charge in [-0.2, -0.15) is 0 Å². The summed E-state index contributed by atoms with van der Waals surface area (Å²) in [5.74, 6) is 0. The Morgan fingerprint density at radius 3 is 2.35 bits per heavy atom. The van der Waals surface area contributed by atoms with Crippen molar-refractivity contribution in [3.63, 3.8) is 0 Å². The van der Waals surface area contributed by atoms with Crippen LogP contribution in [0.5, 0.6) is 0 Å². The van der Waals surface area contributed by atoms with Gasteiger partial charge in [-0.25, -0.2) is 4.79 Å². The van der Waals surface area contributed by atoms with Crippen LogP contribution in [0, 0.1) is 0 Å². The van der Waals surface area contributed by atoms with Crippen LogP contribution in [-0.4, -0.2) is 36.0 Å². The number of amides is 2. The number of rotatable bonds is 3. The molecule has 1 aromatic rings. The SMILES string of the molecule is CN(C)C(=O)N(Cc1ccc(N)cc1)C1CC1. The zero-order valence-electron chi connectivity index (χ0n) is 10.4. The Kier molecular flexibility index (Phi) is 3.22. The van der Waals surface area contributed by atoms with Gasteiger partial charge in [-0.3, -0.25) is 0 Å². The molecule has 0 aliphatic heterocycles. The van der Waals surface area contributed by atoms with E-state index in [1.54, 1.807) is 19.0 Å². The second-order valence-corrected chi connectivity index (χ2v) is 4.78. The Morgan fingerprint density at radius 1 is 1.29 bits per heavy atom. The van der Waals surface area contributed by atoms with E-state index in [1.807, 2.05) is 29.2 Å². The molecule has 0 aromatic heterocycles. The number of anilines is 1. The first-order valence-corrected chi connectivity index (χ1v) is 5.90. The number of carbonyl (C=O) groups excluding carboxylic acids is 1.